The largest absolute Gasteiger partial charge is 0.345 e. The van der Waals surface area contributed by atoms with Gasteiger partial charge >= 0.3 is 0 Å². The maximum Gasteiger partial charge on any atom is 0.186 e. The van der Waals surface area contributed by atoms with Crippen LogP contribution in [0, 0.1) is 0 Å². The molecule has 0 radical (unpaired) electrons. The summed E-state index contributed by atoms with van der Waals surface area (Å²) in [5, 5.41) is 3.62. The molecule has 0 N–H and O–H groups in total. The van der Waals surface area contributed by atoms with Gasteiger partial charge in [-0.3, -0.25) is 0 Å². The van der Waals surface area contributed by atoms with Gasteiger partial charge in [-0.1, -0.05) is 24.4 Å². The molecule has 2 nitrogen and oxygen atoms in total. The fourth-order valence-electron chi connectivity index (χ4n) is 2.14. The number of nitrogens with zero attached hydrogens (tertiary/aromatic N) is 2. The first-order valence-corrected chi connectivity index (χ1v) is 6.44. The van der Waals surface area contributed by atoms with Gasteiger partial charge in [0.2, 0.25) is 0 Å². The third-order valence-electron chi connectivity index (χ3n) is 2.82. The molecule has 1 saturated carbocycles. The van der Waals surface area contributed by atoms with Crippen LogP contribution in [0.1, 0.15) is 32.6 Å². The van der Waals surface area contributed by atoms with Crippen molar-refractivity contribution in [1.82, 2.24) is 4.98 Å². The summed E-state index contributed by atoms with van der Waals surface area (Å²) in [6, 6.07) is 0.696. The molecule has 1 aliphatic carbocycles. The Labute approximate surface area is 93.9 Å². The van der Waals surface area contributed by atoms with E-state index < -0.39 is 0 Å². The van der Waals surface area contributed by atoms with E-state index in [1.54, 1.807) is 11.3 Å². The van der Waals surface area contributed by atoms with Gasteiger partial charge in [-0.25, -0.2) is 4.98 Å². The monoisotopic (exact) mass is 230 g/mol. The lowest BCUT2D eigenvalue weighted by Crippen LogP contribution is -2.32. The summed E-state index contributed by atoms with van der Waals surface area (Å²) in [7, 11) is 0. The first kappa shape index (κ1) is 10.2. The highest BCUT2D eigenvalue weighted by Gasteiger charge is 2.23. The third-order valence-corrected chi connectivity index (χ3v) is 4.02. The van der Waals surface area contributed by atoms with Gasteiger partial charge in [0.05, 0.1) is 0 Å². The standard InChI is InChI=1S/C10H15ClN2S/c1-2-13(8-5-3-4-6-8)10-12-9(11)7-14-10/h7-8H,2-6H2,1H3. The first-order valence-electron chi connectivity index (χ1n) is 5.19. The predicted octanol–water partition coefficient (Wildman–Crippen LogP) is 3.57. The SMILES string of the molecule is CCN(c1nc(Cl)cs1)C1CCCC1. The van der Waals surface area contributed by atoms with Crippen molar-refractivity contribution in [2.45, 2.75) is 38.6 Å². The molecule has 78 valence electrons. The maximum atomic E-state index is 5.84. The first-order chi connectivity index (χ1) is 6.81. The van der Waals surface area contributed by atoms with E-state index >= 15 is 0 Å². The van der Waals surface area contributed by atoms with E-state index in [1.807, 2.05) is 5.38 Å². The number of hydrogen-bond acceptors (Lipinski definition) is 3. The molecule has 0 saturated heterocycles. The number of thiazole rings is 1. The van der Waals surface area contributed by atoms with Crippen LogP contribution in [0.4, 0.5) is 5.13 Å². The topological polar surface area (TPSA) is 16.1 Å². The second-order valence-electron chi connectivity index (χ2n) is 3.68. The normalized spacial score (nSPS) is 17.6. The summed E-state index contributed by atoms with van der Waals surface area (Å²) in [6.07, 6.45) is 5.34. The smallest absolute Gasteiger partial charge is 0.186 e. The lowest BCUT2D eigenvalue weighted by molar-refractivity contribution is 0.618. The Morgan fingerprint density at radius 2 is 2.29 bits per heavy atom. The van der Waals surface area contributed by atoms with Crippen LogP contribution >= 0.6 is 22.9 Å². The van der Waals surface area contributed by atoms with Gasteiger partial charge in [-0.15, -0.1) is 11.3 Å². The van der Waals surface area contributed by atoms with Crippen LogP contribution in [0.3, 0.4) is 0 Å². The summed E-state index contributed by atoms with van der Waals surface area (Å²) in [5.74, 6) is 0. The Morgan fingerprint density at radius 1 is 1.57 bits per heavy atom. The van der Waals surface area contributed by atoms with Gasteiger partial charge in [0, 0.05) is 18.0 Å². The molecule has 1 aromatic heterocycles. The van der Waals surface area contributed by atoms with Crippen molar-refractivity contribution in [2.75, 3.05) is 11.4 Å². The van der Waals surface area contributed by atoms with Crippen molar-refractivity contribution >= 4 is 28.1 Å². The third kappa shape index (κ3) is 2.04. The van der Waals surface area contributed by atoms with E-state index in [4.69, 9.17) is 11.6 Å². The van der Waals surface area contributed by atoms with Crippen molar-refractivity contribution in [3.05, 3.63) is 10.5 Å². The van der Waals surface area contributed by atoms with Crippen molar-refractivity contribution in [3.8, 4) is 0 Å². The highest BCUT2D eigenvalue weighted by atomic mass is 35.5. The minimum Gasteiger partial charge on any atom is -0.345 e. The summed E-state index contributed by atoms with van der Waals surface area (Å²) in [5.41, 5.74) is 0. The van der Waals surface area contributed by atoms with E-state index in [0.29, 0.717) is 11.2 Å². The summed E-state index contributed by atoms with van der Waals surface area (Å²) in [6.45, 7) is 3.22. The lowest BCUT2D eigenvalue weighted by Gasteiger charge is -2.26. The second-order valence-corrected chi connectivity index (χ2v) is 4.90. The highest BCUT2D eigenvalue weighted by molar-refractivity contribution is 7.14. The molecule has 0 aromatic carbocycles. The average molecular weight is 231 g/mol. The molecular weight excluding hydrogens is 216 g/mol. The number of aromatic nitrogens is 1. The van der Waals surface area contributed by atoms with Crippen LogP contribution < -0.4 is 4.90 Å². The molecule has 0 bridgehead atoms. The Balaban J connectivity index is 2.12. The second kappa shape index (κ2) is 4.49. The molecule has 0 unspecified atom stereocenters. The van der Waals surface area contributed by atoms with Gasteiger partial charge < -0.3 is 4.90 Å². The molecule has 0 atom stereocenters. The van der Waals surface area contributed by atoms with Crippen LogP contribution in [0.25, 0.3) is 0 Å². The Hall–Kier alpha value is -0.280. The van der Waals surface area contributed by atoms with Crippen LogP contribution in [0.15, 0.2) is 5.38 Å². The van der Waals surface area contributed by atoms with E-state index in [1.165, 1.54) is 25.7 Å². The van der Waals surface area contributed by atoms with Crippen molar-refractivity contribution in [2.24, 2.45) is 0 Å². The summed E-state index contributed by atoms with van der Waals surface area (Å²) < 4.78 is 0. The van der Waals surface area contributed by atoms with E-state index in [-0.39, 0.29) is 0 Å². The van der Waals surface area contributed by atoms with Crippen LogP contribution in [-0.2, 0) is 0 Å². The maximum absolute atomic E-state index is 5.84. The minimum atomic E-state index is 0.626. The van der Waals surface area contributed by atoms with Gasteiger partial charge in [-0.2, -0.15) is 0 Å². The zero-order valence-corrected chi connectivity index (χ0v) is 9.94. The molecule has 1 heterocycles. The lowest BCUT2D eigenvalue weighted by atomic mass is 10.2. The molecule has 1 aromatic rings. The van der Waals surface area contributed by atoms with Crippen molar-refractivity contribution < 1.29 is 0 Å². The van der Waals surface area contributed by atoms with Gasteiger partial charge in [0.15, 0.2) is 5.13 Å². The molecule has 2 rings (SSSR count). The summed E-state index contributed by atoms with van der Waals surface area (Å²) in [4.78, 5) is 6.73. The molecule has 0 amide bonds. The average Bonchev–Trinajstić information content (AvgIpc) is 2.79. The molecule has 14 heavy (non-hydrogen) atoms. The predicted molar refractivity (Wildman–Crippen MR) is 62.4 cm³/mol. The number of hydrogen-bond donors (Lipinski definition) is 0. The number of anilines is 1. The van der Waals surface area contributed by atoms with Crippen LogP contribution in [-0.4, -0.2) is 17.6 Å². The molecule has 0 aliphatic heterocycles. The van der Waals surface area contributed by atoms with Crippen LogP contribution in [0.2, 0.25) is 5.15 Å². The molecule has 1 fully saturated rings. The van der Waals surface area contributed by atoms with Crippen molar-refractivity contribution in [1.29, 1.82) is 0 Å². The quantitative estimate of drug-likeness (QED) is 0.789. The van der Waals surface area contributed by atoms with Gasteiger partial charge in [0.25, 0.3) is 0 Å². The zero-order chi connectivity index (χ0) is 9.97. The Morgan fingerprint density at radius 3 is 2.79 bits per heavy atom. The Kier molecular flexibility index (Phi) is 3.29. The molecule has 1 aliphatic rings. The number of halogens is 1. The van der Waals surface area contributed by atoms with Crippen molar-refractivity contribution in [3.63, 3.8) is 0 Å². The zero-order valence-electron chi connectivity index (χ0n) is 8.37. The van der Waals surface area contributed by atoms with E-state index in [2.05, 4.69) is 16.8 Å². The van der Waals surface area contributed by atoms with Gasteiger partial charge in [0.1, 0.15) is 5.15 Å². The number of rotatable bonds is 3. The fraction of sp³-hybridized carbons (Fsp3) is 0.700. The van der Waals surface area contributed by atoms with Gasteiger partial charge in [-0.05, 0) is 19.8 Å². The molecule has 4 heteroatoms. The van der Waals surface area contributed by atoms with E-state index in [9.17, 15) is 0 Å². The van der Waals surface area contributed by atoms with Crippen LogP contribution in [0.5, 0.6) is 0 Å². The molecular formula is C10H15ClN2S. The molecule has 0 spiro atoms. The minimum absolute atomic E-state index is 0.626. The fourth-order valence-corrected chi connectivity index (χ4v) is 3.23. The summed E-state index contributed by atoms with van der Waals surface area (Å²) >= 11 is 7.49. The van der Waals surface area contributed by atoms with E-state index in [0.717, 1.165) is 11.7 Å². The Bertz CT molecular complexity index is 294. The highest BCUT2D eigenvalue weighted by Crippen LogP contribution is 2.30.